The quantitative estimate of drug-likeness (QED) is 0.805. The summed E-state index contributed by atoms with van der Waals surface area (Å²) in [4.78, 5) is 23.7. The molecular formula is C14H18N2O3. The molecule has 5 heteroatoms. The molecule has 3 N–H and O–H groups in total. The Hall–Kier alpha value is -1.88. The molecule has 0 radical (unpaired) electrons. The number of rotatable bonds is 4. The second-order valence-corrected chi connectivity index (χ2v) is 4.91. The number of nitrogens with two attached hydrogens (primary N) is 1. The molecule has 0 bridgehead atoms. The molecule has 5 nitrogen and oxygen atoms in total. The monoisotopic (exact) mass is 262 g/mol. The number of methoxy groups -OCH3 is 1. The van der Waals surface area contributed by atoms with Gasteiger partial charge in [-0.05, 0) is 37.5 Å². The molecule has 1 saturated carbocycles. The highest BCUT2D eigenvalue weighted by Crippen LogP contribution is 2.45. The van der Waals surface area contributed by atoms with Crippen LogP contribution in [0.1, 0.15) is 28.8 Å². The lowest BCUT2D eigenvalue weighted by Crippen LogP contribution is -2.31. The molecule has 0 heterocycles. The van der Waals surface area contributed by atoms with Crippen LogP contribution in [0.3, 0.4) is 0 Å². The van der Waals surface area contributed by atoms with E-state index < -0.39 is 11.4 Å². The lowest BCUT2D eigenvalue weighted by atomic mass is 10.0. The first kappa shape index (κ1) is 13.5. The van der Waals surface area contributed by atoms with Gasteiger partial charge in [-0.25, -0.2) is 4.79 Å². The summed E-state index contributed by atoms with van der Waals surface area (Å²) in [6.07, 6.45) is 1.65. The first-order valence-corrected chi connectivity index (χ1v) is 6.23. The van der Waals surface area contributed by atoms with E-state index in [1.165, 1.54) is 7.11 Å². The van der Waals surface area contributed by atoms with Gasteiger partial charge >= 0.3 is 5.97 Å². The van der Waals surface area contributed by atoms with Gasteiger partial charge in [0.05, 0.1) is 18.1 Å². The molecule has 1 aliphatic carbocycles. The van der Waals surface area contributed by atoms with E-state index in [-0.39, 0.29) is 5.91 Å². The van der Waals surface area contributed by atoms with E-state index in [1.54, 1.807) is 25.1 Å². The Balaban J connectivity index is 2.22. The van der Waals surface area contributed by atoms with Gasteiger partial charge in [0.15, 0.2) is 0 Å². The molecule has 1 aromatic carbocycles. The summed E-state index contributed by atoms with van der Waals surface area (Å²) in [5, 5.41) is 2.86. The van der Waals surface area contributed by atoms with Crippen molar-refractivity contribution in [3.05, 3.63) is 29.3 Å². The third-order valence-electron chi connectivity index (χ3n) is 3.71. The number of hydrogen-bond acceptors (Lipinski definition) is 4. The van der Waals surface area contributed by atoms with Crippen LogP contribution in [0.2, 0.25) is 0 Å². The van der Waals surface area contributed by atoms with E-state index in [9.17, 15) is 9.59 Å². The Morgan fingerprint density at radius 1 is 1.42 bits per heavy atom. The molecule has 19 heavy (non-hydrogen) atoms. The van der Waals surface area contributed by atoms with E-state index in [4.69, 9.17) is 10.5 Å². The van der Waals surface area contributed by atoms with Gasteiger partial charge in [0.25, 0.3) is 0 Å². The number of esters is 1. The topological polar surface area (TPSA) is 81.4 Å². The van der Waals surface area contributed by atoms with E-state index >= 15 is 0 Å². The zero-order valence-corrected chi connectivity index (χ0v) is 11.2. The first-order valence-electron chi connectivity index (χ1n) is 6.23. The van der Waals surface area contributed by atoms with Crippen molar-refractivity contribution in [1.82, 2.24) is 0 Å². The van der Waals surface area contributed by atoms with Crippen molar-refractivity contribution >= 4 is 17.6 Å². The number of nitrogens with one attached hydrogen (secondary N) is 1. The van der Waals surface area contributed by atoms with Crippen LogP contribution in [0.25, 0.3) is 0 Å². The van der Waals surface area contributed by atoms with Gasteiger partial charge < -0.3 is 15.8 Å². The maximum atomic E-state index is 12.1. The number of hydrogen-bond donors (Lipinski definition) is 2. The van der Waals surface area contributed by atoms with Crippen molar-refractivity contribution in [3.63, 3.8) is 0 Å². The van der Waals surface area contributed by atoms with Crippen molar-refractivity contribution in [2.45, 2.75) is 19.8 Å². The van der Waals surface area contributed by atoms with Gasteiger partial charge in [-0.2, -0.15) is 0 Å². The third kappa shape index (κ3) is 2.46. The second kappa shape index (κ2) is 5.01. The van der Waals surface area contributed by atoms with Crippen molar-refractivity contribution in [2.75, 3.05) is 19.0 Å². The number of carbonyl (C=O) groups excluding carboxylic acids is 2. The fourth-order valence-electron chi connectivity index (χ4n) is 2.03. The van der Waals surface area contributed by atoms with Gasteiger partial charge in [-0.3, -0.25) is 4.79 Å². The minimum atomic E-state index is -0.409. The summed E-state index contributed by atoms with van der Waals surface area (Å²) in [6, 6.07) is 5.16. The average Bonchev–Trinajstić information content (AvgIpc) is 3.21. The van der Waals surface area contributed by atoms with Gasteiger partial charge in [-0.1, -0.05) is 6.07 Å². The molecule has 1 fully saturated rings. The number of carbonyl (C=O) groups is 2. The summed E-state index contributed by atoms with van der Waals surface area (Å²) in [5.74, 6) is -0.478. The van der Waals surface area contributed by atoms with E-state index in [0.717, 1.165) is 12.8 Å². The molecule has 0 spiro atoms. The smallest absolute Gasteiger partial charge is 0.338 e. The summed E-state index contributed by atoms with van der Waals surface area (Å²) in [7, 11) is 1.33. The molecule has 2 rings (SSSR count). The highest BCUT2D eigenvalue weighted by Gasteiger charge is 2.48. The SMILES string of the molecule is COC(=O)c1cccc(NC(=O)C2(CN)CC2)c1C. The molecule has 1 aliphatic rings. The molecule has 0 atom stereocenters. The maximum absolute atomic E-state index is 12.1. The number of benzene rings is 1. The van der Waals surface area contributed by atoms with E-state index in [0.29, 0.717) is 23.4 Å². The lowest BCUT2D eigenvalue weighted by Gasteiger charge is -2.15. The molecule has 0 unspecified atom stereocenters. The van der Waals surface area contributed by atoms with Gasteiger partial charge in [0, 0.05) is 12.2 Å². The number of ether oxygens (including phenoxy) is 1. The zero-order valence-electron chi connectivity index (χ0n) is 11.2. The van der Waals surface area contributed by atoms with E-state index in [2.05, 4.69) is 5.32 Å². The largest absolute Gasteiger partial charge is 0.465 e. The third-order valence-corrected chi connectivity index (χ3v) is 3.71. The highest BCUT2D eigenvalue weighted by atomic mass is 16.5. The summed E-state index contributed by atoms with van der Waals surface area (Å²) in [6.45, 7) is 2.14. The Kier molecular flexibility index (Phi) is 3.57. The molecular weight excluding hydrogens is 244 g/mol. The summed E-state index contributed by atoms with van der Waals surface area (Å²) >= 11 is 0. The standard InChI is InChI=1S/C14H18N2O3/c1-9-10(12(17)19-2)4-3-5-11(9)16-13(18)14(8-15)6-7-14/h3-5H,6-8,15H2,1-2H3,(H,16,18). The van der Waals surface area contributed by atoms with Crippen LogP contribution in [0, 0.1) is 12.3 Å². The number of anilines is 1. The average molecular weight is 262 g/mol. The summed E-state index contributed by atoms with van der Waals surface area (Å²) in [5.41, 5.74) is 7.01. The van der Waals surface area contributed by atoms with Gasteiger partial charge in [-0.15, -0.1) is 0 Å². The van der Waals surface area contributed by atoms with Crippen LogP contribution in [0.15, 0.2) is 18.2 Å². The molecule has 0 aromatic heterocycles. The van der Waals surface area contributed by atoms with Crippen molar-refractivity contribution < 1.29 is 14.3 Å². The van der Waals surface area contributed by atoms with Crippen LogP contribution in [0.4, 0.5) is 5.69 Å². The lowest BCUT2D eigenvalue weighted by molar-refractivity contribution is -0.120. The molecule has 1 amide bonds. The minimum Gasteiger partial charge on any atom is -0.465 e. The fourth-order valence-corrected chi connectivity index (χ4v) is 2.03. The van der Waals surface area contributed by atoms with Crippen molar-refractivity contribution in [2.24, 2.45) is 11.1 Å². The fraction of sp³-hybridized carbons (Fsp3) is 0.429. The van der Waals surface area contributed by atoms with Crippen molar-refractivity contribution in [1.29, 1.82) is 0 Å². The molecule has 0 aliphatic heterocycles. The van der Waals surface area contributed by atoms with Crippen LogP contribution in [0.5, 0.6) is 0 Å². The predicted molar refractivity (Wildman–Crippen MR) is 71.9 cm³/mol. The van der Waals surface area contributed by atoms with Crippen LogP contribution >= 0.6 is 0 Å². The van der Waals surface area contributed by atoms with Crippen molar-refractivity contribution in [3.8, 4) is 0 Å². The Labute approximate surface area is 112 Å². The second-order valence-electron chi connectivity index (χ2n) is 4.91. The van der Waals surface area contributed by atoms with Crippen LogP contribution < -0.4 is 11.1 Å². The van der Waals surface area contributed by atoms with Crippen LogP contribution in [-0.4, -0.2) is 25.5 Å². The number of amides is 1. The molecule has 102 valence electrons. The Bertz CT molecular complexity index is 521. The molecule has 0 saturated heterocycles. The zero-order chi connectivity index (χ0) is 14.0. The summed E-state index contributed by atoms with van der Waals surface area (Å²) < 4.78 is 4.71. The maximum Gasteiger partial charge on any atom is 0.338 e. The first-order chi connectivity index (χ1) is 9.04. The van der Waals surface area contributed by atoms with Crippen LogP contribution in [-0.2, 0) is 9.53 Å². The van der Waals surface area contributed by atoms with Gasteiger partial charge in [0.1, 0.15) is 0 Å². The Morgan fingerprint density at radius 2 is 2.11 bits per heavy atom. The normalized spacial score (nSPS) is 15.7. The highest BCUT2D eigenvalue weighted by molar-refractivity contribution is 6.00. The van der Waals surface area contributed by atoms with E-state index in [1.807, 2.05) is 0 Å². The molecule has 1 aromatic rings. The minimum absolute atomic E-state index is 0.0693. The predicted octanol–water partition coefficient (Wildman–Crippen LogP) is 1.46. The Morgan fingerprint density at radius 3 is 2.63 bits per heavy atom. The van der Waals surface area contributed by atoms with Gasteiger partial charge in [0.2, 0.25) is 5.91 Å².